The fraction of sp³-hybridized carbons (Fsp3) is 0.800. The minimum Gasteiger partial charge on any atom is -0.222 e. The molecule has 0 fully saturated rings. The zero-order valence-electron chi connectivity index (χ0n) is 6.19. The quantitative estimate of drug-likeness (QED) is 0.553. The van der Waals surface area contributed by atoms with Crippen LogP contribution in [0.5, 0.6) is 0 Å². The molecule has 0 N–H and O–H groups in total. The van der Waals surface area contributed by atoms with Crippen molar-refractivity contribution in [1.82, 2.24) is 0 Å². The molecule has 0 bridgehead atoms. The van der Waals surface area contributed by atoms with E-state index < -0.39 is 23.3 Å². The number of hydrogen-bond acceptors (Lipinski definition) is 2. The van der Waals surface area contributed by atoms with Crippen LogP contribution in [0.3, 0.4) is 0 Å². The van der Waals surface area contributed by atoms with E-state index >= 15 is 0 Å². The van der Waals surface area contributed by atoms with E-state index in [1.165, 1.54) is 0 Å². The van der Waals surface area contributed by atoms with Gasteiger partial charge in [0, 0.05) is 5.75 Å². The van der Waals surface area contributed by atoms with Crippen molar-refractivity contribution in [3.05, 3.63) is 5.75 Å². The molecule has 0 amide bonds. The molecular weight excluding hydrogens is 257 g/mol. The summed E-state index contributed by atoms with van der Waals surface area (Å²) in [7, 11) is 0. The highest BCUT2D eigenvalue weighted by molar-refractivity contribution is 7.86. The van der Waals surface area contributed by atoms with Crippen molar-refractivity contribution in [3.63, 3.8) is 0 Å². The Morgan fingerprint density at radius 1 is 0.857 bits per heavy atom. The van der Waals surface area contributed by atoms with E-state index in [1.54, 1.807) is 0 Å². The highest BCUT2D eigenvalue weighted by Crippen LogP contribution is 2.50. The lowest BCUT2D eigenvalue weighted by Gasteiger charge is -2.33. The molecule has 0 aliphatic carbocycles. The predicted octanol–water partition coefficient (Wildman–Crippen LogP) is 3.21. The van der Waals surface area contributed by atoms with Crippen molar-refractivity contribution >= 4 is 25.3 Å². The average molecular weight is 261 g/mol. The first kappa shape index (κ1) is 14.2. The van der Waals surface area contributed by atoms with Crippen molar-refractivity contribution in [3.8, 4) is 0 Å². The van der Waals surface area contributed by atoms with Gasteiger partial charge >= 0.3 is 18.0 Å². The van der Waals surface area contributed by atoms with Gasteiger partial charge in [-0.25, -0.2) is 4.39 Å². The number of thiol groups is 2. The van der Waals surface area contributed by atoms with E-state index in [0.29, 0.717) is 0 Å². The molecule has 0 heterocycles. The van der Waals surface area contributed by atoms with Crippen molar-refractivity contribution in [2.45, 2.75) is 23.3 Å². The number of halogens is 7. The third-order valence-electron chi connectivity index (χ3n) is 1.37. The summed E-state index contributed by atoms with van der Waals surface area (Å²) in [5.41, 5.74) is -5.38. The van der Waals surface area contributed by atoms with Gasteiger partial charge in [0.1, 0.15) is 0 Å². The number of hydrogen-bond donors (Lipinski definition) is 2. The topological polar surface area (TPSA) is 0 Å². The first-order valence-electron chi connectivity index (χ1n) is 2.96. The van der Waals surface area contributed by atoms with Gasteiger partial charge in [-0.05, 0) is 0 Å². The van der Waals surface area contributed by atoms with Gasteiger partial charge in [0.25, 0.3) is 0 Å². The van der Waals surface area contributed by atoms with Crippen LogP contribution in [0, 0.1) is 5.75 Å². The molecule has 85 valence electrons. The molecule has 1 radical (unpaired) electrons. The molecule has 1 atom stereocenters. The fourth-order valence-corrected chi connectivity index (χ4v) is 1.10. The Morgan fingerprint density at radius 2 is 1.14 bits per heavy atom. The monoisotopic (exact) mass is 261 g/mol. The molecule has 0 saturated carbocycles. The number of alkyl halides is 7. The van der Waals surface area contributed by atoms with E-state index in [1.807, 2.05) is 0 Å². The summed E-state index contributed by atoms with van der Waals surface area (Å²) in [5.74, 6) is 0.0874. The molecule has 0 aliphatic heterocycles. The Balaban J connectivity index is 5.29. The van der Waals surface area contributed by atoms with Gasteiger partial charge in [0.15, 0.2) is 0 Å². The Bertz CT molecular complexity index is 181. The number of rotatable bonds is 2. The lowest BCUT2D eigenvalue weighted by atomic mass is 10.0. The second-order valence-corrected chi connectivity index (χ2v) is 3.16. The minimum atomic E-state index is -6.09. The van der Waals surface area contributed by atoms with Crippen LogP contribution in [0.15, 0.2) is 0 Å². The molecule has 0 spiro atoms. The van der Waals surface area contributed by atoms with Crippen LogP contribution >= 0.6 is 25.3 Å². The first-order valence-corrected chi connectivity index (χ1v) is 3.99. The second-order valence-electron chi connectivity index (χ2n) is 2.30. The molecule has 9 heteroatoms. The summed E-state index contributed by atoms with van der Waals surface area (Å²) in [4.78, 5) is 0. The van der Waals surface area contributed by atoms with Crippen LogP contribution in [-0.2, 0) is 0 Å². The lowest BCUT2D eigenvalue weighted by molar-refractivity contribution is -0.338. The van der Waals surface area contributed by atoms with Gasteiger partial charge in [-0.15, -0.1) is 0 Å². The maximum absolute atomic E-state index is 12.8. The zero-order valence-corrected chi connectivity index (χ0v) is 7.98. The molecular formula is C5H4F7S2. The van der Waals surface area contributed by atoms with Crippen molar-refractivity contribution < 1.29 is 30.7 Å². The first-order chi connectivity index (χ1) is 5.98. The van der Waals surface area contributed by atoms with E-state index in [9.17, 15) is 30.7 Å². The summed E-state index contributed by atoms with van der Waals surface area (Å²) in [6.07, 6.45) is -12.2. The van der Waals surface area contributed by atoms with Gasteiger partial charge in [-0.1, -0.05) is 0 Å². The Morgan fingerprint density at radius 3 is 1.21 bits per heavy atom. The molecule has 1 unspecified atom stereocenters. The highest BCUT2D eigenvalue weighted by atomic mass is 32.1. The zero-order chi connectivity index (χ0) is 11.8. The van der Waals surface area contributed by atoms with Gasteiger partial charge in [-0.2, -0.15) is 51.6 Å². The molecule has 0 aromatic rings. The summed E-state index contributed by atoms with van der Waals surface area (Å²) in [6, 6.07) is 0. The fourth-order valence-electron chi connectivity index (χ4n) is 0.599. The van der Waals surface area contributed by atoms with Crippen molar-refractivity contribution in [1.29, 1.82) is 0 Å². The van der Waals surface area contributed by atoms with Crippen LogP contribution in [-0.4, -0.2) is 23.3 Å². The van der Waals surface area contributed by atoms with Gasteiger partial charge in [0.2, 0.25) is 0 Å². The highest BCUT2D eigenvalue weighted by Gasteiger charge is 2.75. The summed E-state index contributed by atoms with van der Waals surface area (Å²) < 4.78 is 83.8. The van der Waals surface area contributed by atoms with Crippen LogP contribution < -0.4 is 0 Å². The molecule has 14 heavy (non-hydrogen) atoms. The molecule has 0 nitrogen and oxygen atoms in total. The average Bonchev–Trinajstić information content (AvgIpc) is 1.97. The lowest BCUT2D eigenvalue weighted by Crippen LogP contribution is -2.59. The van der Waals surface area contributed by atoms with Gasteiger partial charge in [-0.3, -0.25) is 0 Å². The summed E-state index contributed by atoms with van der Waals surface area (Å²) >= 11 is 5.88. The van der Waals surface area contributed by atoms with Crippen LogP contribution in [0.4, 0.5) is 30.7 Å². The molecule has 0 aromatic heterocycles. The SMILES string of the molecule is FC(F)(F)C(F)(C(S)[CH]S)C(F)(F)F. The smallest absolute Gasteiger partial charge is 0.222 e. The Kier molecular flexibility index (Phi) is 4.05. The van der Waals surface area contributed by atoms with Gasteiger partial charge in [0.05, 0.1) is 5.25 Å². The maximum Gasteiger partial charge on any atom is 0.432 e. The second kappa shape index (κ2) is 3.99. The minimum absolute atomic E-state index is 0.0874. The molecule has 0 rings (SSSR count). The molecule has 0 aliphatic rings. The molecule has 0 saturated heterocycles. The Hall–Kier alpha value is 0.210. The van der Waals surface area contributed by atoms with Crippen molar-refractivity contribution in [2.75, 3.05) is 0 Å². The summed E-state index contributed by atoms with van der Waals surface area (Å²) in [5, 5.41) is -2.72. The van der Waals surface area contributed by atoms with Crippen molar-refractivity contribution in [2.24, 2.45) is 0 Å². The predicted molar refractivity (Wildman–Crippen MR) is 42.0 cm³/mol. The van der Waals surface area contributed by atoms with Gasteiger partial charge < -0.3 is 0 Å². The van der Waals surface area contributed by atoms with Crippen LogP contribution in [0.2, 0.25) is 0 Å². The van der Waals surface area contributed by atoms with E-state index in [4.69, 9.17) is 0 Å². The van der Waals surface area contributed by atoms with E-state index in [0.717, 1.165) is 0 Å². The summed E-state index contributed by atoms with van der Waals surface area (Å²) in [6.45, 7) is 0. The standard InChI is InChI=1S/C5H4F7S2/c6-3(2(14)1-13,4(7,8)9)5(10,11)12/h1-2,13-14H. The maximum atomic E-state index is 12.8. The Labute approximate surface area is 85.7 Å². The van der Waals surface area contributed by atoms with E-state index in [-0.39, 0.29) is 5.75 Å². The largest absolute Gasteiger partial charge is 0.432 e. The third kappa shape index (κ3) is 2.23. The van der Waals surface area contributed by atoms with E-state index in [2.05, 4.69) is 25.3 Å². The normalized spacial score (nSPS) is 16.9. The van der Waals surface area contributed by atoms with Crippen LogP contribution in [0.25, 0.3) is 0 Å². The third-order valence-corrected chi connectivity index (χ3v) is 2.41. The molecule has 0 aromatic carbocycles. The van der Waals surface area contributed by atoms with Crippen LogP contribution in [0.1, 0.15) is 0 Å².